The lowest BCUT2D eigenvalue weighted by Gasteiger charge is -2.17. The first-order chi connectivity index (χ1) is 14.3. The number of hydrogen-bond donors (Lipinski definition) is 3. The van der Waals surface area contributed by atoms with E-state index < -0.39 is 5.60 Å². The number of rotatable bonds is 6. The van der Waals surface area contributed by atoms with Gasteiger partial charge in [0.15, 0.2) is 5.65 Å². The summed E-state index contributed by atoms with van der Waals surface area (Å²) < 4.78 is 7.54. The van der Waals surface area contributed by atoms with Gasteiger partial charge in [0, 0.05) is 24.4 Å². The van der Waals surface area contributed by atoms with Gasteiger partial charge in [-0.25, -0.2) is 4.98 Å². The lowest BCUT2D eigenvalue weighted by atomic mass is 10.1. The second kappa shape index (κ2) is 7.64. The molecule has 8 heteroatoms. The number of ether oxygens (including phenoxy) is 1. The number of aromatic amines is 1. The molecular formula is C22H23N5O3. The summed E-state index contributed by atoms with van der Waals surface area (Å²) in [6.45, 7) is 3.80. The van der Waals surface area contributed by atoms with Crippen LogP contribution in [0.25, 0.3) is 27.8 Å². The van der Waals surface area contributed by atoms with E-state index in [0.29, 0.717) is 41.1 Å². The van der Waals surface area contributed by atoms with Crippen LogP contribution in [0.2, 0.25) is 0 Å². The molecule has 0 aliphatic rings. The number of fused-ring (bicyclic) bond motifs is 1. The highest BCUT2D eigenvalue weighted by atomic mass is 16.5. The summed E-state index contributed by atoms with van der Waals surface area (Å²) >= 11 is 0. The zero-order valence-electron chi connectivity index (χ0n) is 16.8. The molecule has 0 bridgehead atoms. The molecule has 154 valence electrons. The Balaban J connectivity index is 1.75. The molecule has 30 heavy (non-hydrogen) atoms. The van der Waals surface area contributed by atoms with Gasteiger partial charge in [0.2, 0.25) is 0 Å². The van der Waals surface area contributed by atoms with Gasteiger partial charge in [0.1, 0.15) is 5.75 Å². The van der Waals surface area contributed by atoms with Crippen LogP contribution in [0.4, 0.5) is 5.69 Å². The Kier molecular flexibility index (Phi) is 5.01. The van der Waals surface area contributed by atoms with E-state index in [4.69, 9.17) is 10.5 Å². The molecule has 3 aromatic heterocycles. The number of H-pyrrole nitrogens is 1. The Morgan fingerprint density at radius 1 is 1.30 bits per heavy atom. The van der Waals surface area contributed by atoms with Crippen LogP contribution in [0, 0.1) is 0 Å². The maximum absolute atomic E-state index is 12.6. The Morgan fingerprint density at radius 2 is 2.13 bits per heavy atom. The zero-order chi connectivity index (χ0) is 21.3. The number of hydrogen-bond acceptors (Lipinski definition) is 6. The number of nitrogens with zero attached hydrogens (tertiary/aromatic N) is 3. The van der Waals surface area contributed by atoms with E-state index >= 15 is 0 Å². The average molecular weight is 405 g/mol. The molecule has 0 radical (unpaired) electrons. The monoisotopic (exact) mass is 405 g/mol. The highest BCUT2D eigenvalue weighted by molar-refractivity contribution is 5.95. The molecule has 0 unspecified atom stereocenters. The number of aliphatic hydroxyl groups is 1. The fraction of sp³-hybridized carbons (Fsp3) is 0.227. The summed E-state index contributed by atoms with van der Waals surface area (Å²) in [6.07, 6.45) is 7.12. The quantitative estimate of drug-likeness (QED) is 0.424. The largest absolute Gasteiger partial charge is 0.491 e. The third-order valence-corrected chi connectivity index (χ3v) is 4.81. The number of nitrogens with one attached hydrogen (secondary N) is 1. The number of nitrogens with two attached hydrogens (primary N) is 1. The third kappa shape index (κ3) is 3.90. The van der Waals surface area contributed by atoms with Crippen LogP contribution >= 0.6 is 0 Å². The van der Waals surface area contributed by atoms with Crippen molar-refractivity contribution in [3.8, 4) is 22.6 Å². The molecule has 3 heterocycles. The number of nitrogen functional groups attached to an aromatic ring is 1. The molecule has 0 fully saturated rings. The molecule has 0 amide bonds. The van der Waals surface area contributed by atoms with Crippen LogP contribution in [0.5, 0.6) is 5.75 Å². The molecule has 4 N–H and O–H groups in total. The van der Waals surface area contributed by atoms with Crippen molar-refractivity contribution in [2.75, 3.05) is 12.3 Å². The Morgan fingerprint density at radius 3 is 2.83 bits per heavy atom. The van der Waals surface area contributed by atoms with Crippen molar-refractivity contribution in [3.05, 3.63) is 65.6 Å². The zero-order valence-corrected chi connectivity index (χ0v) is 16.8. The molecule has 0 spiro atoms. The molecule has 4 rings (SSSR count). The van der Waals surface area contributed by atoms with E-state index in [2.05, 4.69) is 15.0 Å². The fourth-order valence-electron chi connectivity index (χ4n) is 3.24. The second-order valence-electron chi connectivity index (χ2n) is 7.72. The molecule has 0 aliphatic heterocycles. The van der Waals surface area contributed by atoms with E-state index in [1.807, 2.05) is 29.0 Å². The first-order valence-corrected chi connectivity index (χ1v) is 9.58. The summed E-state index contributed by atoms with van der Waals surface area (Å²) in [6, 6.07) is 9.12. The molecular weight excluding hydrogens is 382 g/mol. The molecule has 1 aromatic carbocycles. The molecule has 0 atom stereocenters. The highest BCUT2D eigenvalue weighted by Crippen LogP contribution is 2.33. The van der Waals surface area contributed by atoms with Crippen LogP contribution in [-0.4, -0.2) is 36.8 Å². The van der Waals surface area contributed by atoms with Crippen molar-refractivity contribution < 1.29 is 9.84 Å². The summed E-state index contributed by atoms with van der Waals surface area (Å²) in [7, 11) is 0. The first-order valence-electron chi connectivity index (χ1n) is 9.58. The third-order valence-electron chi connectivity index (χ3n) is 4.81. The highest BCUT2D eigenvalue weighted by Gasteiger charge is 2.17. The first kappa shape index (κ1) is 19.7. The van der Waals surface area contributed by atoms with Crippen molar-refractivity contribution in [1.82, 2.24) is 19.5 Å². The van der Waals surface area contributed by atoms with E-state index in [9.17, 15) is 9.90 Å². The van der Waals surface area contributed by atoms with E-state index in [0.717, 1.165) is 11.3 Å². The van der Waals surface area contributed by atoms with Crippen LogP contribution in [-0.2, 0) is 0 Å². The SMILES string of the molecule is CC(C)(O)CCOc1ccc(-c2cn(-c3cccnc3)c3nc[nH]c(=O)c23)cc1N. The predicted molar refractivity (Wildman–Crippen MR) is 116 cm³/mol. The van der Waals surface area contributed by atoms with Crippen LogP contribution in [0.15, 0.2) is 60.0 Å². The van der Waals surface area contributed by atoms with Crippen LogP contribution < -0.4 is 16.0 Å². The normalized spacial score (nSPS) is 11.7. The lowest BCUT2D eigenvalue weighted by molar-refractivity contribution is 0.0554. The van der Waals surface area contributed by atoms with Crippen molar-refractivity contribution in [3.63, 3.8) is 0 Å². The van der Waals surface area contributed by atoms with E-state index in [1.54, 1.807) is 38.4 Å². The van der Waals surface area contributed by atoms with Gasteiger partial charge < -0.3 is 20.6 Å². The topological polar surface area (TPSA) is 119 Å². The number of benzene rings is 1. The van der Waals surface area contributed by atoms with E-state index in [-0.39, 0.29) is 5.56 Å². The predicted octanol–water partition coefficient (Wildman–Crippen LogP) is 2.90. The van der Waals surface area contributed by atoms with Gasteiger partial charge in [-0.3, -0.25) is 14.3 Å². The Bertz CT molecular complexity index is 1240. The van der Waals surface area contributed by atoms with Gasteiger partial charge in [0.25, 0.3) is 5.56 Å². The van der Waals surface area contributed by atoms with Crippen molar-refractivity contribution in [1.29, 1.82) is 0 Å². The number of anilines is 1. The maximum atomic E-state index is 12.6. The van der Waals surface area contributed by atoms with Crippen molar-refractivity contribution >= 4 is 16.7 Å². The van der Waals surface area contributed by atoms with Crippen molar-refractivity contribution in [2.45, 2.75) is 25.9 Å². The average Bonchev–Trinajstić information content (AvgIpc) is 3.10. The van der Waals surface area contributed by atoms with Crippen molar-refractivity contribution in [2.24, 2.45) is 0 Å². The van der Waals surface area contributed by atoms with Gasteiger partial charge in [-0.2, -0.15) is 0 Å². The summed E-state index contributed by atoms with van der Waals surface area (Å²) in [5.74, 6) is 0.533. The Hall–Kier alpha value is -3.65. The van der Waals surface area contributed by atoms with Gasteiger partial charge in [-0.1, -0.05) is 6.07 Å². The molecule has 0 saturated carbocycles. The molecule has 4 aromatic rings. The number of aromatic nitrogens is 4. The summed E-state index contributed by atoms with van der Waals surface area (Å²) in [4.78, 5) is 23.8. The molecule has 8 nitrogen and oxygen atoms in total. The fourth-order valence-corrected chi connectivity index (χ4v) is 3.24. The minimum atomic E-state index is -0.809. The Labute approximate surface area is 173 Å². The minimum Gasteiger partial charge on any atom is -0.491 e. The number of pyridine rings is 1. The van der Waals surface area contributed by atoms with Gasteiger partial charge in [-0.15, -0.1) is 0 Å². The van der Waals surface area contributed by atoms with Crippen LogP contribution in [0.1, 0.15) is 20.3 Å². The lowest BCUT2D eigenvalue weighted by Crippen LogP contribution is -2.21. The summed E-state index contributed by atoms with van der Waals surface area (Å²) in [5.41, 5.74) is 8.42. The van der Waals surface area contributed by atoms with Gasteiger partial charge in [0.05, 0.1) is 41.5 Å². The molecule has 0 saturated heterocycles. The second-order valence-corrected chi connectivity index (χ2v) is 7.72. The minimum absolute atomic E-state index is 0.235. The van der Waals surface area contributed by atoms with Gasteiger partial charge >= 0.3 is 0 Å². The van der Waals surface area contributed by atoms with E-state index in [1.165, 1.54) is 6.33 Å². The maximum Gasteiger partial charge on any atom is 0.260 e. The van der Waals surface area contributed by atoms with Crippen LogP contribution in [0.3, 0.4) is 0 Å². The van der Waals surface area contributed by atoms with Gasteiger partial charge in [-0.05, 0) is 43.7 Å². The smallest absolute Gasteiger partial charge is 0.260 e. The summed E-state index contributed by atoms with van der Waals surface area (Å²) in [5, 5.41) is 10.3. The molecule has 0 aliphatic carbocycles. The standard InChI is InChI=1S/C22H23N5O3/c1-22(2,29)7-9-30-18-6-5-14(10-17(18)23)16-12-27(15-4-3-8-24-11-15)20-19(16)21(28)26-13-25-20/h3-6,8,10-13,29H,7,9,23H2,1-2H3,(H,25,26,28).